The summed E-state index contributed by atoms with van der Waals surface area (Å²) in [4.78, 5) is 6.91. The van der Waals surface area contributed by atoms with E-state index in [0.29, 0.717) is 47.7 Å². The zero-order valence-electron chi connectivity index (χ0n) is 20.0. The molecule has 7 nitrogen and oxygen atoms in total. The van der Waals surface area contributed by atoms with Gasteiger partial charge in [-0.1, -0.05) is 12.1 Å². The second-order valence-corrected chi connectivity index (χ2v) is 9.92. The first kappa shape index (κ1) is 23.7. The van der Waals surface area contributed by atoms with Crippen molar-refractivity contribution in [1.82, 2.24) is 15.2 Å². The summed E-state index contributed by atoms with van der Waals surface area (Å²) in [6.07, 6.45) is 2.90. The average Bonchev–Trinajstić information content (AvgIpc) is 2.80. The van der Waals surface area contributed by atoms with Gasteiger partial charge in [-0.3, -0.25) is 4.98 Å². The Hall–Kier alpha value is -2.98. The van der Waals surface area contributed by atoms with E-state index in [1.165, 1.54) is 12.1 Å². The minimum Gasteiger partial charge on any atom is -0.384 e. The molecule has 2 saturated heterocycles. The summed E-state index contributed by atoms with van der Waals surface area (Å²) in [6, 6.07) is 5.68. The fourth-order valence-electron chi connectivity index (χ4n) is 4.90. The van der Waals surface area contributed by atoms with Crippen LogP contribution in [-0.2, 0) is 10.7 Å². The second-order valence-electron chi connectivity index (χ2n) is 9.92. The van der Waals surface area contributed by atoms with E-state index in [-0.39, 0.29) is 5.56 Å². The maximum Gasteiger partial charge on any atom is 0.303 e. The summed E-state index contributed by atoms with van der Waals surface area (Å²) >= 11 is 0. The van der Waals surface area contributed by atoms with Gasteiger partial charge in [0.2, 0.25) is 0 Å². The highest BCUT2D eigenvalue weighted by Crippen LogP contribution is 2.42. The molecule has 2 unspecified atom stereocenters. The summed E-state index contributed by atoms with van der Waals surface area (Å²) in [5, 5.41) is 22.2. The first-order chi connectivity index (χ1) is 16.5. The SMILES string of the molecule is Cc1nnc(N[C@H](C)c2cccc(C(F)(F)C(C)(C)O)c2F)c2cc(N3C4COCC3C4)cnc12. The maximum atomic E-state index is 15.3. The molecule has 35 heavy (non-hydrogen) atoms. The highest BCUT2D eigenvalue weighted by Gasteiger charge is 2.49. The van der Waals surface area contributed by atoms with Crippen LogP contribution in [0.15, 0.2) is 30.5 Å². The van der Waals surface area contributed by atoms with Gasteiger partial charge in [0.1, 0.15) is 11.4 Å². The molecule has 0 amide bonds. The highest BCUT2D eigenvalue weighted by atomic mass is 19.3. The Morgan fingerprint density at radius 1 is 1.20 bits per heavy atom. The molecular weight excluding hydrogens is 459 g/mol. The number of benzene rings is 1. The van der Waals surface area contributed by atoms with Gasteiger partial charge in [0.05, 0.1) is 60.0 Å². The van der Waals surface area contributed by atoms with Crippen LogP contribution in [0, 0.1) is 12.7 Å². The lowest BCUT2D eigenvalue weighted by molar-refractivity contribution is -0.170. The second kappa shape index (κ2) is 8.30. The molecule has 1 aromatic carbocycles. The van der Waals surface area contributed by atoms with Crippen molar-refractivity contribution >= 4 is 22.4 Å². The molecule has 3 atom stereocenters. The molecule has 5 rings (SSSR count). The van der Waals surface area contributed by atoms with Crippen molar-refractivity contribution in [2.75, 3.05) is 23.4 Å². The van der Waals surface area contributed by atoms with E-state index in [1.807, 2.05) is 19.2 Å². The van der Waals surface area contributed by atoms with Crippen LogP contribution >= 0.6 is 0 Å². The van der Waals surface area contributed by atoms with Crippen molar-refractivity contribution < 1.29 is 23.0 Å². The number of anilines is 2. The summed E-state index contributed by atoms with van der Waals surface area (Å²) in [5.74, 6) is -4.47. The quantitative estimate of drug-likeness (QED) is 0.530. The number of pyridine rings is 1. The zero-order valence-corrected chi connectivity index (χ0v) is 20.0. The van der Waals surface area contributed by atoms with Crippen LogP contribution in [0.4, 0.5) is 24.7 Å². The number of morpholine rings is 1. The Kier molecular flexibility index (Phi) is 5.63. The number of hydrogen-bond donors (Lipinski definition) is 2. The van der Waals surface area contributed by atoms with Gasteiger partial charge in [0.15, 0.2) is 5.82 Å². The molecule has 2 fully saturated rings. The number of alkyl halides is 2. The van der Waals surface area contributed by atoms with Crippen molar-refractivity contribution in [2.45, 2.75) is 63.8 Å². The number of hydrogen-bond acceptors (Lipinski definition) is 7. The Bertz CT molecular complexity index is 1270. The Morgan fingerprint density at radius 2 is 1.91 bits per heavy atom. The molecule has 186 valence electrons. The summed E-state index contributed by atoms with van der Waals surface area (Å²) in [5.41, 5.74) is -1.00. The normalized spacial score (nSPS) is 21.1. The van der Waals surface area contributed by atoms with Gasteiger partial charge < -0.3 is 20.1 Å². The predicted octanol–water partition coefficient (Wildman–Crippen LogP) is 4.49. The Balaban J connectivity index is 1.50. The van der Waals surface area contributed by atoms with Crippen LogP contribution < -0.4 is 10.2 Å². The van der Waals surface area contributed by atoms with Crippen LogP contribution in [0.1, 0.15) is 50.1 Å². The van der Waals surface area contributed by atoms with Crippen LogP contribution in [0.3, 0.4) is 0 Å². The molecule has 0 radical (unpaired) electrons. The Labute approximate surface area is 201 Å². The Morgan fingerprint density at radius 3 is 2.57 bits per heavy atom. The number of fused-ring (bicyclic) bond motifs is 3. The van der Waals surface area contributed by atoms with Crippen LogP contribution in [-0.4, -0.2) is 51.2 Å². The monoisotopic (exact) mass is 487 g/mol. The van der Waals surface area contributed by atoms with Crippen molar-refractivity contribution in [3.05, 3.63) is 53.1 Å². The number of halogens is 3. The third-order valence-electron chi connectivity index (χ3n) is 6.98. The lowest BCUT2D eigenvalue weighted by Crippen LogP contribution is -2.64. The zero-order chi connectivity index (χ0) is 25.1. The van der Waals surface area contributed by atoms with Crippen molar-refractivity contribution in [3.8, 4) is 0 Å². The molecule has 2 N–H and O–H groups in total. The molecule has 10 heteroatoms. The third kappa shape index (κ3) is 3.88. The maximum absolute atomic E-state index is 15.3. The number of aromatic nitrogens is 3. The molecule has 0 saturated carbocycles. The van der Waals surface area contributed by atoms with E-state index >= 15 is 4.39 Å². The molecule has 0 spiro atoms. The van der Waals surface area contributed by atoms with E-state index in [9.17, 15) is 13.9 Å². The first-order valence-electron chi connectivity index (χ1n) is 11.6. The predicted molar refractivity (Wildman–Crippen MR) is 126 cm³/mol. The smallest absolute Gasteiger partial charge is 0.303 e. The van der Waals surface area contributed by atoms with Gasteiger partial charge in [-0.2, -0.15) is 13.9 Å². The molecule has 0 aliphatic carbocycles. The fourth-order valence-corrected chi connectivity index (χ4v) is 4.90. The number of ether oxygens (including phenoxy) is 1. The van der Waals surface area contributed by atoms with Gasteiger partial charge in [-0.15, -0.1) is 5.10 Å². The lowest BCUT2D eigenvalue weighted by Gasteiger charge is -2.53. The molecule has 2 aliphatic heterocycles. The van der Waals surface area contributed by atoms with Gasteiger partial charge in [-0.25, -0.2) is 4.39 Å². The summed E-state index contributed by atoms with van der Waals surface area (Å²) in [6.45, 7) is 6.73. The van der Waals surface area contributed by atoms with Gasteiger partial charge in [0.25, 0.3) is 0 Å². The number of rotatable bonds is 6. The minimum atomic E-state index is -3.78. The topological polar surface area (TPSA) is 83.4 Å². The molecule has 4 heterocycles. The van der Waals surface area contributed by atoms with Gasteiger partial charge >= 0.3 is 5.92 Å². The number of aliphatic hydroxyl groups is 1. The lowest BCUT2D eigenvalue weighted by atomic mass is 9.90. The largest absolute Gasteiger partial charge is 0.384 e. The van der Waals surface area contributed by atoms with E-state index in [2.05, 4.69) is 25.4 Å². The molecule has 2 aromatic heterocycles. The van der Waals surface area contributed by atoms with Gasteiger partial charge in [0, 0.05) is 10.9 Å². The van der Waals surface area contributed by atoms with E-state index < -0.39 is 28.9 Å². The number of nitrogens with zero attached hydrogens (tertiary/aromatic N) is 4. The highest BCUT2D eigenvalue weighted by molar-refractivity contribution is 5.92. The van der Waals surface area contributed by atoms with E-state index in [1.54, 1.807) is 6.92 Å². The van der Waals surface area contributed by atoms with E-state index in [4.69, 9.17) is 4.74 Å². The third-order valence-corrected chi connectivity index (χ3v) is 6.98. The van der Waals surface area contributed by atoms with E-state index in [0.717, 1.165) is 32.0 Å². The summed E-state index contributed by atoms with van der Waals surface area (Å²) < 4.78 is 50.4. The standard InChI is InChI=1S/C25H28F3N5O2/c1-13(18-6-5-7-20(21(18)26)25(27,28)24(3,4)34)30-23-19-9-15(10-29-22(19)14(2)31-32-23)33-16-8-17(33)12-35-11-16/h5-7,9-10,13,16-17,34H,8,11-12H2,1-4H3,(H,30,32)/t13-,16?,17?/m1/s1. The van der Waals surface area contributed by atoms with Crippen molar-refractivity contribution in [2.24, 2.45) is 0 Å². The molecule has 2 bridgehead atoms. The molecule has 3 aromatic rings. The molecular formula is C25H28F3N5O2. The minimum absolute atomic E-state index is 0.0282. The average molecular weight is 488 g/mol. The van der Waals surface area contributed by atoms with Crippen molar-refractivity contribution in [1.29, 1.82) is 0 Å². The first-order valence-corrected chi connectivity index (χ1v) is 11.6. The van der Waals surface area contributed by atoms with Gasteiger partial charge in [-0.05, 0) is 46.2 Å². The number of aryl methyl sites for hydroxylation is 1. The van der Waals surface area contributed by atoms with Crippen LogP contribution in [0.2, 0.25) is 0 Å². The fraction of sp³-hybridized carbons (Fsp3) is 0.480. The van der Waals surface area contributed by atoms with Crippen LogP contribution in [0.5, 0.6) is 0 Å². The number of nitrogens with one attached hydrogen (secondary N) is 1. The molecule has 2 aliphatic rings. The summed E-state index contributed by atoms with van der Waals surface area (Å²) in [7, 11) is 0. The van der Waals surface area contributed by atoms with Crippen LogP contribution in [0.25, 0.3) is 10.9 Å². The van der Waals surface area contributed by atoms with Crippen molar-refractivity contribution in [3.63, 3.8) is 0 Å².